The Morgan fingerprint density at radius 2 is 1.81 bits per heavy atom. The fraction of sp³-hybridized carbons (Fsp3) is 0.292. The normalized spacial score (nSPS) is 10.9. The first kappa shape index (κ1) is 22.1. The van der Waals surface area contributed by atoms with Crippen LogP contribution in [0.2, 0.25) is 0 Å². The summed E-state index contributed by atoms with van der Waals surface area (Å²) in [6.07, 6.45) is 0. The highest BCUT2D eigenvalue weighted by Gasteiger charge is 2.16. The number of carbonyl (C=O) groups excluding carboxylic acids is 2. The van der Waals surface area contributed by atoms with Crippen molar-refractivity contribution in [2.75, 3.05) is 6.61 Å². The number of hydrogen-bond donors (Lipinski definition) is 1. The number of amides is 1. The van der Waals surface area contributed by atoms with Crippen LogP contribution in [0.5, 0.6) is 11.5 Å². The smallest absolute Gasteiger partial charge is 0.349 e. The maximum absolute atomic E-state index is 12.2. The number of hydrogen-bond acceptors (Lipinski definition) is 6. The molecule has 0 spiro atoms. The van der Waals surface area contributed by atoms with Gasteiger partial charge < -0.3 is 19.2 Å². The summed E-state index contributed by atoms with van der Waals surface area (Å²) in [5, 5.41) is 3.20. The minimum Gasteiger partial charge on any atom is -0.482 e. The molecule has 1 amide bonds. The van der Waals surface area contributed by atoms with Gasteiger partial charge in [-0.05, 0) is 75.6 Å². The third kappa shape index (κ3) is 5.31. The lowest BCUT2D eigenvalue weighted by Gasteiger charge is -2.12. The van der Waals surface area contributed by atoms with E-state index in [4.69, 9.17) is 13.9 Å². The second kappa shape index (κ2) is 9.04. The van der Waals surface area contributed by atoms with Crippen LogP contribution in [0.25, 0.3) is 11.0 Å². The van der Waals surface area contributed by atoms with E-state index in [9.17, 15) is 14.4 Å². The topological polar surface area (TPSA) is 94.8 Å². The molecule has 1 N–H and O–H groups in total. The molecule has 0 saturated heterocycles. The van der Waals surface area contributed by atoms with E-state index in [1.807, 2.05) is 32.9 Å². The first-order valence-corrected chi connectivity index (χ1v) is 9.94. The second-order valence-corrected chi connectivity index (χ2v) is 7.74. The van der Waals surface area contributed by atoms with Crippen molar-refractivity contribution in [3.8, 4) is 11.5 Å². The molecule has 3 rings (SSSR count). The molecule has 3 aromatic rings. The van der Waals surface area contributed by atoms with Gasteiger partial charge in [-0.3, -0.25) is 4.79 Å². The van der Waals surface area contributed by atoms with E-state index in [1.54, 1.807) is 26.0 Å². The van der Waals surface area contributed by atoms with E-state index >= 15 is 0 Å². The third-order valence-electron chi connectivity index (χ3n) is 4.71. The molecule has 0 saturated carbocycles. The van der Waals surface area contributed by atoms with Crippen molar-refractivity contribution >= 4 is 22.8 Å². The summed E-state index contributed by atoms with van der Waals surface area (Å²) in [6.45, 7) is 9.20. The molecule has 1 aromatic heterocycles. The Kier molecular flexibility index (Phi) is 6.44. The lowest BCUT2D eigenvalue weighted by atomic mass is 10.1. The highest BCUT2D eigenvalue weighted by Crippen LogP contribution is 2.24. The fourth-order valence-corrected chi connectivity index (χ4v) is 3.10. The summed E-state index contributed by atoms with van der Waals surface area (Å²) >= 11 is 0. The monoisotopic (exact) mass is 423 g/mol. The van der Waals surface area contributed by atoms with Crippen LogP contribution in [-0.2, 0) is 4.79 Å². The maximum Gasteiger partial charge on any atom is 0.349 e. The number of esters is 1. The standard InChI is InChI=1S/C24H25NO6/c1-13(2)25-23(27)19-10-17-6-7-18(11-21(17)31-24(19)28)30-22(26)12-29-20-9-14(3)8-15(4)16(20)5/h6-11,13H,12H2,1-5H3,(H,25,27). The molecule has 31 heavy (non-hydrogen) atoms. The van der Waals surface area contributed by atoms with Crippen LogP contribution >= 0.6 is 0 Å². The van der Waals surface area contributed by atoms with E-state index in [0.29, 0.717) is 11.1 Å². The lowest BCUT2D eigenvalue weighted by Crippen LogP contribution is -2.33. The first-order chi connectivity index (χ1) is 14.6. The van der Waals surface area contributed by atoms with Crippen molar-refractivity contribution in [1.29, 1.82) is 0 Å². The third-order valence-corrected chi connectivity index (χ3v) is 4.71. The molecule has 2 aromatic carbocycles. The van der Waals surface area contributed by atoms with E-state index in [1.165, 1.54) is 12.1 Å². The molecule has 7 nitrogen and oxygen atoms in total. The van der Waals surface area contributed by atoms with Crippen LogP contribution in [0.4, 0.5) is 0 Å². The zero-order valence-electron chi connectivity index (χ0n) is 18.2. The highest BCUT2D eigenvalue weighted by molar-refractivity contribution is 5.96. The van der Waals surface area contributed by atoms with E-state index in [2.05, 4.69) is 5.32 Å². The van der Waals surface area contributed by atoms with Crippen molar-refractivity contribution in [1.82, 2.24) is 5.32 Å². The number of rotatable bonds is 6. The molecule has 0 atom stereocenters. The number of nitrogens with one attached hydrogen (secondary N) is 1. The van der Waals surface area contributed by atoms with Gasteiger partial charge >= 0.3 is 11.6 Å². The Morgan fingerprint density at radius 3 is 2.52 bits per heavy atom. The molecular weight excluding hydrogens is 398 g/mol. The van der Waals surface area contributed by atoms with Crippen LogP contribution < -0.4 is 20.4 Å². The summed E-state index contributed by atoms with van der Waals surface area (Å²) in [6, 6.07) is 9.86. The molecule has 0 aliphatic carbocycles. The van der Waals surface area contributed by atoms with E-state index in [0.717, 1.165) is 16.7 Å². The van der Waals surface area contributed by atoms with Crippen LogP contribution in [0, 0.1) is 20.8 Å². The molecule has 0 unspecified atom stereocenters. The molecule has 0 aliphatic rings. The Hall–Kier alpha value is -3.61. The predicted octanol–water partition coefficient (Wildman–Crippen LogP) is 3.84. The highest BCUT2D eigenvalue weighted by atomic mass is 16.6. The number of fused-ring (bicyclic) bond motifs is 1. The van der Waals surface area contributed by atoms with Crippen LogP contribution in [0.3, 0.4) is 0 Å². The summed E-state index contributed by atoms with van der Waals surface area (Å²) in [5.74, 6) is -0.250. The van der Waals surface area contributed by atoms with Gasteiger partial charge in [0.2, 0.25) is 0 Å². The zero-order valence-corrected chi connectivity index (χ0v) is 18.2. The zero-order chi connectivity index (χ0) is 22.7. The van der Waals surface area contributed by atoms with Crippen molar-refractivity contribution < 1.29 is 23.5 Å². The number of ether oxygens (including phenoxy) is 2. The summed E-state index contributed by atoms with van der Waals surface area (Å²) in [4.78, 5) is 36.5. The van der Waals surface area contributed by atoms with Crippen LogP contribution in [-0.4, -0.2) is 24.5 Å². The summed E-state index contributed by atoms with van der Waals surface area (Å²) in [5.41, 5.74) is 2.45. The fourth-order valence-electron chi connectivity index (χ4n) is 3.10. The van der Waals surface area contributed by atoms with Crippen LogP contribution in [0.15, 0.2) is 45.6 Å². The summed E-state index contributed by atoms with van der Waals surface area (Å²) < 4.78 is 16.2. The van der Waals surface area contributed by atoms with Crippen molar-refractivity contribution in [2.24, 2.45) is 0 Å². The van der Waals surface area contributed by atoms with Gasteiger partial charge in [-0.25, -0.2) is 9.59 Å². The number of benzene rings is 2. The number of carbonyl (C=O) groups is 2. The van der Waals surface area contributed by atoms with Gasteiger partial charge in [-0.2, -0.15) is 0 Å². The molecule has 0 radical (unpaired) electrons. The van der Waals surface area contributed by atoms with E-state index in [-0.39, 0.29) is 29.5 Å². The Balaban J connectivity index is 1.73. The minimum absolute atomic E-state index is 0.0804. The first-order valence-electron chi connectivity index (χ1n) is 9.94. The van der Waals surface area contributed by atoms with Gasteiger partial charge in [0.05, 0.1) is 0 Å². The molecule has 0 bridgehead atoms. The molecule has 7 heteroatoms. The number of aryl methyl sites for hydroxylation is 2. The average molecular weight is 423 g/mol. The molecular formula is C24H25NO6. The van der Waals surface area contributed by atoms with Crippen LogP contribution in [0.1, 0.15) is 40.9 Å². The van der Waals surface area contributed by atoms with Gasteiger partial charge in [0.25, 0.3) is 5.91 Å². The Labute approximate surface area is 180 Å². The van der Waals surface area contributed by atoms with Crippen molar-refractivity contribution in [2.45, 2.75) is 40.7 Å². The van der Waals surface area contributed by atoms with Gasteiger partial charge in [-0.1, -0.05) is 6.07 Å². The van der Waals surface area contributed by atoms with Gasteiger partial charge in [0, 0.05) is 17.5 Å². The predicted molar refractivity (Wildman–Crippen MR) is 117 cm³/mol. The van der Waals surface area contributed by atoms with Crippen molar-refractivity contribution in [3.05, 3.63) is 69.1 Å². The Bertz CT molecular complexity index is 1210. The second-order valence-electron chi connectivity index (χ2n) is 7.74. The molecule has 0 aliphatic heterocycles. The largest absolute Gasteiger partial charge is 0.482 e. The molecule has 0 fully saturated rings. The quantitative estimate of drug-likeness (QED) is 0.368. The summed E-state index contributed by atoms with van der Waals surface area (Å²) in [7, 11) is 0. The average Bonchev–Trinajstić information content (AvgIpc) is 2.68. The van der Waals surface area contributed by atoms with Gasteiger partial charge in [0.1, 0.15) is 22.6 Å². The lowest BCUT2D eigenvalue weighted by molar-refractivity contribution is -0.136. The van der Waals surface area contributed by atoms with Crippen molar-refractivity contribution in [3.63, 3.8) is 0 Å². The SMILES string of the molecule is Cc1cc(C)c(C)c(OCC(=O)Oc2ccc3cc(C(=O)NC(C)C)c(=O)oc3c2)c1. The molecule has 1 heterocycles. The van der Waals surface area contributed by atoms with Gasteiger partial charge in [0.15, 0.2) is 6.61 Å². The van der Waals surface area contributed by atoms with Gasteiger partial charge in [-0.15, -0.1) is 0 Å². The molecule has 162 valence electrons. The van der Waals surface area contributed by atoms with E-state index < -0.39 is 17.5 Å². The minimum atomic E-state index is -0.761. The maximum atomic E-state index is 12.2. The Morgan fingerprint density at radius 1 is 1.06 bits per heavy atom.